The van der Waals surface area contributed by atoms with Crippen LogP contribution in [0.1, 0.15) is 60.5 Å². The number of amides is 2. The van der Waals surface area contributed by atoms with Crippen LogP contribution < -0.4 is 28.9 Å². The number of aliphatic imine (C=N–C) groups is 1. The molecular formula is C48H46N4O7. The summed E-state index contributed by atoms with van der Waals surface area (Å²) >= 11 is 0. The second kappa shape index (κ2) is 16.1. The summed E-state index contributed by atoms with van der Waals surface area (Å²) in [4.78, 5) is 50.3. The van der Waals surface area contributed by atoms with Crippen molar-refractivity contribution in [2.75, 3.05) is 48.6 Å². The molecule has 11 heteroatoms. The number of nitrogens with zero attached hydrogens (tertiary/aromatic N) is 4. The van der Waals surface area contributed by atoms with Gasteiger partial charge < -0.3 is 33.5 Å². The zero-order valence-electron chi connectivity index (χ0n) is 33.5. The second-order valence-corrected chi connectivity index (χ2v) is 15.5. The van der Waals surface area contributed by atoms with Gasteiger partial charge in [0.25, 0.3) is 11.8 Å². The minimum atomic E-state index is -0.175. The molecule has 2 amide bonds. The third-order valence-corrected chi connectivity index (χ3v) is 11.8. The summed E-state index contributed by atoms with van der Waals surface area (Å²) in [6.45, 7) is 3.51. The van der Waals surface area contributed by atoms with E-state index in [-0.39, 0.29) is 43.7 Å². The van der Waals surface area contributed by atoms with Gasteiger partial charge in [0.05, 0.1) is 37.6 Å². The van der Waals surface area contributed by atoms with Crippen LogP contribution in [-0.2, 0) is 42.0 Å². The smallest absolute Gasteiger partial charge is 0.261 e. The van der Waals surface area contributed by atoms with Crippen molar-refractivity contribution >= 4 is 47.1 Å². The van der Waals surface area contributed by atoms with Gasteiger partial charge in [0, 0.05) is 61.0 Å². The van der Waals surface area contributed by atoms with Crippen molar-refractivity contribution in [3.8, 4) is 17.2 Å². The van der Waals surface area contributed by atoms with Crippen LogP contribution in [0.4, 0.5) is 22.7 Å². The van der Waals surface area contributed by atoms with Crippen molar-refractivity contribution in [3.05, 3.63) is 136 Å². The Morgan fingerprint density at radius 1 is 0.763 bits per heavy atom. The summed E-state index contributed by atoms with van der Waals surface area (Å²) < 4.78 is 24.1. The van der Waals surface area contributed by atoms with Gasteiger partial charge in [0.1, 0.15) is 25.2 Å². The van der Waals surface area contributed by atoms with E-state index in [2.05, 4.69) is 6.07 Å². The molecule has 0 saturated heterocycles. The Labute approximate surface area is 343 Å². The van der Waals surface area contributed by atoms with Crippen LogP contribution in [0.15, 0.2) is 96.0 Å². The number of fused-ring (bicyclic) bond motifs is 8. The maximum Gasteiger partial charge on any atom is 0.261 e. The zero-order valence-corrected chi connectivity index (χ0v) is 33.5. The number of methoxy groups -OCH3 is 2. The zero-order chi connectivity index (χ0) is 40.6. The van der Waals surface area contributed by atoms with Crippen molar-refractivity contribution in [1.82, 2.24) is 0 Å². The van der Waals surface area contributed by atoms with Gasteiger partial charge in [0.15, 0.2) is 11.5 Å². The molecule has 0 spiro atoms. The molecule has 4 aliphatic rings. The minimum Gasteiger partial charge on any atom is -0.493 e. The molecule has 9 rings (SSSR count). The molecule has 59 heavy (non-hydrogen) atoms. The monoisotopic (exact) mass is 790 g/mol. The molecule has 0 radical (unpaired) electrons. The fraction of sp³-hybridized carbons (Fsp3) is 0.292. The first-order valence-corrected chi connectivity index (χ1v) is 20.1. The average molecular weight is 791 g/mol. The maximum atomic E-state index is 14.0. The number of aryl methyl sites for hydroxylation is 2. The molecule has 11 nitrogen and oxygen atoms in total. The maximum absolute atomic E-state index is 14.0. The summed E-state index contributed by atoms with van der Waals surface area (Å²) in [6.07, 6.45) is 5.94. The lowest BCUT2D eigenvalue weighted by atomic mass is 9.98. The molecule has 0 aliphatic carbocycles. The Balaban J connectivity index is 0.973. The van der Waals surface area contributed by atoms with Gasteiger partial charge in [0.2, 0.25) is 0 Å². The van der Waals surface area contributed by atoms with Crippen LogP contribution in [0.2, 0.25) is 0 Å². The van der Waals surface area contributed by atoms with E-state index in [4.69, 9.17) is 23.9 Å². The number of benzene rings is 5. The van der Waals surface area contributed by atoms with Gasteiger partial charge in [-0.15, -0.1) is 0 Å². The van der Waals surface area contributed by atoms with Crippen LogP contribution in [0.5, 0.6) is 17.2 Å². The fourth-order valence-corrected chi connectivity index (χ4v) is 8.93. The first-order chi connectivity index (χ1) is 28.8. The number of para-hydroxylation sites is 2. The number of aldehydes is 1. The lowest BCUT2D eigenvalue weighted by molar-refractivity contribution is -0.106. The van der Waals surface area contributed by atoms with Crippen LogP contribution in [-0.4, -0.2) is 70.3 Å². The Morgan fingerprint density at radius 2 is 1.46 bits per heavy atom. The fourth-order valence-electron chi connectivity index (χ4n) is 8.93. The van der Waals surface area contributed by atoms with Gasteiger partial charge >= 0.3 is 0 Å². The van der Waals surface area contributed by atoms with Gasteiger partial charge in [-0.3, -0.25) is 19.5 Å². The van der Waals surface area contributed by atoms with Crippen molar-refractivity contribution in [2.45, 2.75) is 57.9 Å². The van der Waals surface area contributed by atoms with Gasteiger partial charge in [-0.05, 0) is 108 Å². The van der Waals surface area contributed by atoms with Crippen molar-refractivity contribution < 1.29 is 33.3 Å². The van der Waals surface area contributed by atoms with Crippen molar-refractivity contribution in [2.24, 2.45) is 4.99 Å². The van der Waals surface area contributed by atoms with Crippen LogP contribution in [0, 0.1) is 6.92 Å². The predicted molar refractivity (Wildman–Crippen MR) is 227 cm³/mol. The lowest BCUT2D eigenvalue weighted by Gasteiger charge is -2.24. The number of hydrogen-bond acceptors (Lipinski definition) is 9. The molecule has 0 fully saturated rings. The third kappa shape index (κ3) is 7.20. The third-order valence-electron chi connectivity index (χ3n) is 11.8. The summed E-state index contributed by atoms with van der Waals surface area (Å²) in [5.41, 5.74) is 10.3. The molecule has 2 atom stereocenters. The van der Waals surface area contributed by atoms with Crippen LogP contribution >= 0.6 is 0 Å². The SMILES string of the molecule is COCCN(CC=O)c1cc(COc2cc3c(cc2C)C(=O)N2c4ccccc4C[C@H]2CC3)cc(COc2cc3c(cc2OC)C(=O)N2c4ccccc4C[C@H]2C=N3)c1. The topological polar surface area (TPSA) is 110 Å². The lowest BCUT2D eigenvalue weighted by Crippen LogP contribution is -2.37. The van der Waals surface area contributed by atoms with Gasteiger partial charge in [-0.25, -0.2) is 0 Å². The minimum absolute atomic E-state index is 0.0430. The molecule has 5 aromatic rings. The number of anilines is 3. The highest BCUT2D eigenvalue weighted by atomic mass is 16.5. The van der Waals surface area contributed by atoms with E-state index in [9.17, 15) is 14.4 Å². The number of rotatable bonds is 13. The highest BCUT2D eigenvalue weighted by Gasteiger charge is 2.38. The van der Waals surface area contributed by atoms with E-state index in [1.165, 1.54) is 5.56 Å². The van der Waals surface area contributed by atoms with Gasteiger partial charge in [-0.2, -0.15) is 0 Å². The standard InChI is InChI=1S/C48H46N4O7/c1-30-18-39-33(12-13-36-22-34-8-4-6-10-42(34)51(36)47(39)54)24-44(30)58-28-31-19-32(21-37(20-31)50(14-16-53)15-17-56-2)29-59-46-26-41-40(25-45(46)57-3)48(55)52-38(27-49-41)23-35-9-5-7-11-43(35)52/h4-11,16,18-21,24-27,36,38H,12-15,17,22-23,28-29H2,1-3H3/t36-,38+/m1/s1. The highest BCUT2D eigenvalue weighted by molar-refractivity contribution is 6.15. The van der Waals surface area contributed by atoms with Crippen LogP contribution in [0.25, 0.3) is 0 Å². The van der Waals surface area contributed by atoms with E-state index in [1.807, 2.05) is 101 Å². The normalized spacial score (nSPS) is 17.2. The molecule has 5 aromatic carbocycles. The largest absolute Gasteiger partial charge is 0.493 e. The quantitative estimate of drug-likeness (QED) is 0.112. The molecule has 4 heterocycles. The van der Waals surface area contributed by atoms with Crippen molar-refractivity contribution in [3.63, 3.8) is 0 Å². The Hall–Kier alpha value is -6.46. The summed E-state index contributed by atoms with van der Waals surface area (Å²) in [6, 6.07) is 29.6. The Bertz CT molecular complexity index is 2500. The number of carbonyl (C=O) groups excluding carboxylic acids is 3. The first-order valence-electron chi connectivity index (χ1n) is 20.1. The summed E-state index contributed by atoms with van der Waals surface area (Å²) in [5, 5.41) is 0. The molecule has 0 aromatic heterocycles. The van der Waals surface area contributed by atoms with E-state index in [0.717, 1.165) is 81.7 Å². The molecule has 0 unspecified atom stereocenters. The van der Waals surface area contributed by atoms with Crippen LogP contribution in [0.3, 0.4) is 0 Å². The first kappa shape index (κ1) is 38.1. The molecular weight excluding hydrogens is 745 g/mol. The highest BCUT2D eigenvalue weighted by Crippen LogP contribution is 2.42. The second-order valence-electron chi connectivity index (χ2n) is 15.5. The average Bonchev–Trinajstić information content (AvgIpc) is 3.75. The molecule has 0 saturated carbocycles. The van der Waals surface area contributed by atoms with Gasteiger partial charge in [-0.1, -0.05) is 36.4 Å². The summed E-state index contributed by atoms with van der Waals surface area (Å²) in [5.74, 6) is 1.50. The number of ether oxygens (including phenoxy) is 4. The van der Waals surface area contributed by atoms with E-state index in [1.54, 1.807) is 26.4 Å². The molecule has 300 valence electrons. The van der Waals surface area contributed by atoms with E-state index < -0.39 is 0 Å². The molecule has 4 aliphatic heterocycles. The Kier molecular flexibility index (Phi) is 10.4. The van der Waals surface area contributed by atoms with E-state index in [0.29, 0.717) is 42.3 Å². The number of hydrogen-bond donors (Lipinski definition) is 0. The number of carbonyl (C=O) groups is 3. The van der Waals surface area contributed by atoms with Crippen molar-refractivity contribution in [1.29, 1.82) is 0 Å². The van der Waals surface area contributed by atoms with E-state index >= 15 is 0 Å². The predicted octanol–water partition coefficient (Wildman–Crippen LogP) is 7.62. The molecule has 0 bridgehead atoms. The summed E-state index contributed by atoms with van der Waals surface area (Å²) in [7, 11) is 3.19. The Morgan fingerprint density at radius 3 is 2.19 bits per heavy atom. The molecule has 0 N–H and O–H groups in total.